The van der Waals surface area contributed by atoms with Gasteiger partial charge in [0.15, 0.2) is 5.78 Å². The third-order valence-corrected chi connectivity index (χ3v) is 8.89. The minimum Gasteiger partial charge on any atom is -0.543 e. The van der Waals surface area contributed by atoms with E-state index in [0.29, 0.717) is 11.3 Å². The highest BCUT2D eigenvalue weighted by molar-refractivity contribution is 6.74. The summed E-state index contributed by atoms with van der Waals surface area (Å²) in [6, 6.07) is 17.3. The van der Waals surface area contributed by atoms with Crippen LogP contribution in [0.4, 0.5) is 0 Å². The van der Waals surface area contributed by atoms with E-state index in [2.05, 4.69) is 33.9 Å². The molecule has 0 N–H and O–H groups in total. The van der Waals surface area contributed by atoms with E-state index in [-0.39, 0.29) is 10.8 Å². The minimum atomic E-state index is -1.99. The molecule has 0 radical (unpaired) electrons. The maximum absolute atomic E-state index is 12.6. The van der Waals surface area contributed by atoms with Crippen molar-refractivity contribution in [3.63, 3.8) is 0 Å². The van der Waals surface area contributed by atoms with Gasteiger partial charge in [-0.1, -0.05) is 69.3 Å². The lowest BCUT2D eigenvalue weighted by molar-refractivity contribution is 0.104. The summed E-state index contributed by atoms with van der Waals surface area (Å²) in [6.07, 6.45) is 3.45. The lowest BCUT2D eigenvalue weighted by atomic mass is 10.1. The zero-order chi connectivity index (χ0) is 17.8. The molecule has 0 aliphatic heterocycles. The number of carbonyl (C=O) groups excluding carboxylic acids is 1. The molecule has 2 nitrogen and oxygen atoms in total. The average molecular weight is 339 g/mol. The van der Waals surface area contributed by atoms with E-state index < -0.39 is 8.32 Å². The summed E-state index contributed by atoms with van der Waals surface area (Å²) in [7, 11) is -1.99. The molecule has 0 spiro atoms. The normalized spacial score (nSPS) is 12.4. The molecule has 0 heterocycles. The molecular formula is C21H26O2Si. The maximum Gasteiger partial charge on any atom is 0.250 e. The fraction of sp³-hybridized carbons (Fsp3) is 0.286. The summed E-state index contributed by atoms with van der Waals surface area (Å²) in [5.74, 6) is 0.653. The van der Waals surface area contributed by atoms with Crippen LogP contribution in [0.3, 0.4) is 0 Å². The molecule has 126 valence electrons. The highest BCUT2D eigenvalue weighted by atomic mass is 28.4. The fourth-order valence-corrected chi connectivity index (χ4v) is 3.05. The molecule has 3 heteroatoms. The van der Waals surface area contributed by atoms with Gasteiger partial charge in [-0.3, -0.25) is 4.79 Å². The average Bonchev–Trinajstić information content (AvgIpc) is 2.52. The number of carbonyl (C=O) groups is 1. The second-order valence-corrected chi connectivity index (χ2v) is 12.2. The first-order valence-electron chi connectivity index (χ1n) is 8.26. The lowest BCUT2D eigenvalue weighted by Gasteiger charge is -2.36. The predicted molar refractivity (Wildman–Crippen MR) is 104 cm³/mol. The molecule has 24 heavy (non-hydrogen) atoms. The molecule has 0 saturated carbocycles. The van der Waals surface area contributed by atoms with Crippen molar-refractivity contribution in [2.24, 2.45) is 0 Å². The molecule has 0 fully saturated rings. The monoisotopic (exact) mass is 338 g/mol. The molecule has 0 saturated heterocycles. The molecule has 0 atom stereocenters. The van der Waals surface area contributed by atoms with E-state index in [0.717, 1.165) is 5.56 Å². The van der Waals surface area contributed by atoms with Gasteiger partial charge in [-0.05, 0) is 41.9 Å². The summed E-state index contributed by atoms with van der Waals surface area (Å²) in [4.78, 5) is 12.6. The zero-order valence-corrected chi connectivity index (χ0v) is 16.2. The summed E-state index contributed by atoms with van der Waals surface area (Å²) in [5, 5.41) is 0.0863. The summed E-state index contributed by atoms with van der Waals surface area (Å²) in [6.45, 7) is 11.0. The minimum absolute atomic E-state index is 0.0341. The van der Waals surface area contributed by atoms with Gasteiger partial charge in [-0.15, -0.1) is 0 Å². The van der Waals surface area contributed by atoms with Crippen molar-refractivity contribution < 1.29 is 9.22 Å². The topological polar surface area (TPSA) is 26.3 Å². The van der Waals surface area contributed by atoms with E-state index in [4.69, 9.17) is 4.43 Å². The van der Waals surface area contributed by atoms with Gasteiger partial charge in [0, 0.05) is 0 Å². The van der Waals surface area contributed by atoms with E-state index >= 15 is 0 Å². The van der Waals surface area contributed by atoms with Crippen LogP contribution in [0.25, 0.3) is 6.08 Å². The Morgan fingerprint density at radius 3 is 2.17 bits per heavy atom. The van der Waals surface area contributed by atoms with E-state index in [1.54, 1.807) is 6.08 Å². The van der Waals surface area contributed by atoms with Crippen LogP contribution in [-0.2, 0) is 0 Å². The summed E-state index contributed by atoms with van der Waals surface area (Å²) < 4.78 is 6.35. The van der Waals surface area contributed by atoms with Crippen LogP contribution < -0.4 is 4.43 Å². The van der Waals surface area contributed by atoms with Crippen LogP contribution in [0, 0.1) is 0 Å². The van der Waals surface area contributed by atoms with Crippen molar-refractivity contribution in [3.8, 4) is 5.75 Å². The highest BCUT2D eigenvalue weighted by Crippen LogP contribution is 2.38. The largest absolute Gasteiger partial charge is 0.543 e. The number of benzene rings is 2. The Morgan fingerprint density at radius 1 is 0.958 bits per heavy atom. The van der Waals surface area contributed by atoms with Crippen molar-refractivity contribution >= 4 is 20.2 Å². The van der Waals surface area contributed by atoms with Crippen LogP contribution >= 0.6 is 0 Å². The highest BCUT2D eigenvalue weighted by Gasteiger charge is 2.39. The second-order valence-electron chi connectivity index (χ2n) is 7.47. The van der Waals surface area contributed by atoms with Gasteiger partial charge in [-0.25, -0.2) is 0 Å². The Labute approximate surface area is 146 Å². The maximum atomic E-state index is 12.6. The van der Waals surface area contributed by atoms with Crippen LogP contribution in [-0.4, -0.2) is 14.1 Å². The number of para-hydroxylation sites is 1. The lowest BCUT2D eigenvalue weighted by Crippen LogP contribution is -2.44. The van der Waals surface area contributed by atoms with E-state index in [1.807, 2.05) is 60.7 Å². The van der Waals surface area contributed by atoms with Crippen molar-refractivity contribution in [2.75, 3.05) is 0 Å². The molecule has 0 aromatic heterocycles. The van der Waals surface area contributed by atoms with Crippen molar-refractivity contribution in [1.29, 1.82) is 0 Å². The quantitative estimate of drug-likeness (QED) is 0.381. The van der Waals surface area contributed by atoms with Gasteiger partial charge in [0.25, 0.3) is 8.32 Å². The van der Waals surface area contributed by atoms with Gasteiger partial charge < -0.3 is 4.43 Å². The van der Waals surface area contributed by atoms with Crippen molar-refractivity contribution in [2.45, 2.75) is 38.9 Å². The standard InChI is InChI=1S/C21H26O2Si/c1-21(2,3)24(4,5)23-20-14-10-9-13-18(20)19(22)16-15-17-11-7-6-8-12-17/h6-16H,1-5H3/b16-15+. The zero-order valence-electron chi connectivity index (χ0n) is 15.2. The van der Waals surface area contributed by atoms with Gasteiger partial charge in [0.1, 0.15) is 5.75 Å². The second kappa shape index (κ2) is 7.18. The fourth-order valence-electron chi connectivity index (χ4n) is 2.01. The number of hydrogen-bond acceptors (Lipinski definition) is 2. The SMILES string of the molecule is CC(C)(C)[Si](C)(C)Oc1ccccc1C(=O)/C=C/c1ccccc1. The first-order chi connectivity index (χ1) is 11.2. The first-order valence-corrected chi connectivity index (χ1v) is 11.2. The Kier molecular flexibility index (Phi) is 5.45. The van der Waals surface area contributed by atoms with E-state index in [9.17, 15) is 4.79 Å². The van der Waals surface area contributed by atoms with Gasteiger partial charge in [0.2, 0.25) is 0 Å². The smallest absolute Gasteiger partial charge is 0.250 e. The Bertz CT molecular complexity index is 725. The van der Waals surface area contributed by atoms with Crippen LogP contribution in [0.15, 0.2) is 60.7 Å². The number of rotatable bonds is 5. The number of ketones is 1. The molecule has 2 rings (SSSR count). The summed E-state index contributed by atoms with van der Waals surface area (Å²) in [5.41, 5.74) is 1.63. The third-order valence-electron chi connectivity index (χ3n) is 4.55. The third kappa shape index (κ3) is 4.45. The Balaban J connectivity index is 2.26. The van der Waals surface area contributed by atoms with Crippen molar-refractivity contribution in [1.82, 2.24) is 0 Å². The molecule has 0 amide bonds. The first kappa shape index (κ1) is 18.2. The molecule has 2 aromatic rings. The summed E-state index contributed by atoms with van der Waals surface area (Å²) >= 11 is 0. The van der Waals surface area contributed by atoms with E-state index in [1.165, 1.54) is 0 Å². The van der Waals surface area contributed by atoms with Crippen LogP contribution in [0.1, 0.15) is 36.7 Å². The number of hydrogen-bond donors (Lipinski definition) is 0. The Morgan fingerprint density at radius 2 is 1.54 bits per heavy atom. The molecular weight excluding hydrogens is 312 g/mol. The van der Waals surface area contributed by atoms with Gasteiger partial charge in [-0.2, -0.15) is 0 Å². The molecule has 0 unspecified atom stereocenters. The van der Waals surface area contributed by atoms with Crippen LogP contribution in [0.5, 0.6) is 5.75 Å². The Hall–Kier alpha value is -2.13. The number of allylic oxidation sites excluding steroid dienone is 1. The molecule has 0 aliphatic rings. The molecule has 0 bridgehead atoms. The van der Waals surface area contributed by atoms with Gasteiger partial charge >= 0.3 is 0 Å². The van der Waals surface area contributed by atoms with Crippen LogP contribution in [0.2, 0.25) is 18.1 Å². The van der Waals surface area contributed by atoms with Crippen molar-refractivity contribution in [3.05, 3.63) is 71.8 Å². The predicted octanol–water partition coefficient (Wildman–Crippen LogP) is 5.97. The molecule has 0 aliphatic carbocycles. The molecule has 2 aromatic carbocycles. The van der Waals surface area contributed by atoms with Gasteiger partial charge in [0.05, 0.1) is 5.56 Å².